The van der Waals surface area contributed by atoms with Crippen LogP contribution in [0.3, 0.4) is 0 Å². The number of hydrogen-bond acceptors (Lipinski definition) is 4. The van der Waals surface area contributed by atoms with Gasteiger partial charge in [0.1, 0.15) is 6.04 Å². The van der Waals surface area contributed by atoms with Gasteiger partial charge in [-0.05, 0) is 56.2 Å². The first-order valence-electron chi connectivity index (χ1n) is 9.62. The molecule has 0 spiro atoms. The molecule has 0 heterocycles. The van der Waals surface area contributed by atoms with Crippen LogP contribution in [0.2, 0.25) is 18.1 Å². The second-order valence-electron chi connectivity index (χ2n) is 8.69. The van der Waals surface area contributed by atoms with Crippen molar-refractivity contribution in [3.05, 3.63) is 65.7 Å². The number of carbonyl (C=O) groups is 2. The van der Waals surface area contributed by atoms with Crippen LogP contribution in [-0.4, -0.2) is 25.9 Å². The summed E-state index contributed by atoms with van der Waals surface area (Å²) in [4.78, 5) is 24.7. The summed E-state index contributed by atoms with van der Waals surface area (Å²) in [5.41, 5.74) is 2.06. The molecule has 0 aliphatic heterocycles. The molecule has 28 heavy (non-hydrogen) atoms. The Morgan fingerprint density at radius 2 is 1.46 bits per heavy atom. The lowest BCUT2D eigenvalue weighted by atomic mass is 10.0. The standard InChI is InChI=1S/C23H31NO3Si/c1-17(22(26)20-11-9-8-10-12-20)24(27-28(6,7)23(3,4)5)21-15-13-19(14-16-21)18(2)25/h8-17H,1-7H3. The fourth-order valence-electron chi connectivity index (χ4n) is 2.53. The van der Waals surface area contributed by atoms with Crippen LogP contribution in [0.4, 0.5) is 5.69 Å². The summed E-state index contributed by atoms with van der Waals surface area (Å²) < 4.78 is 6.56. The molecule has 5 heteroatoms. The van der Waals surface area contributed by atoms with E-state index in [4.69, 9.17) is 4.53 Å². The van der Waals surface area contributed by atoms with Gasteiger partial charge in [-0.3, -0.25) is 14.7 Å². The molecule has 0 radical (unpaired) electrons. The van der Waals surface area contributed by atoms with Crippen LogP contribution in [0.1, 0.15) is 55.3 Å². The molecular weight excluding hydrogens is 366 g/mol. The van der Waals surface area contributed by atoms with Crippen LogP contribution >= 0.6 is 0 Å². The van der Waals surface area contributed by atoms with Crippen LogP contribution < -0.4 is 5.06 Å². The number of nitrogens with zero attached hydrogens (tertiary/aromatic N) is 1. The second-order valence-corrected chi connectivity index (χ2v) is 13.4. The maximum Gasteiger partial charge on any atom is 0.228 e. The molecular formula is C23H31NO3Si. The topological polar surface area (TPSA) is 46.6 Å². The summed E-state index contributed by atoms with van der Waals surface area (Å²) >= 11 is 0. The van der Waals surface area contributed by atoms with Gasteiger partial charge in [0, 0.05) is 11.1 Å². The van der Waals surface area contributed by atoms with Crippen molar-refractivity contribution in [1.29, 1.82) is 0 Å². The lowest BCUT2D eigenvalue weighted by Crippen LogP contribution is -2.51. The summed E-state index contributed by atoms with van der Waals surface area (Å²) in [7, 11) is -2.19. The third-order valence-electron chi connectivity index (χ3n) is 5.45. The normalized spacial score (nSPS) is 13.1. The van der Waals surface area contributed by atoms with Crippen molar-refractivity contribution in [2.24, 2.45) is 0 Å². The molecule has 0 aliphatic carbocycles. The fraction of sp³-hybridized carbons (Fsp3) is 0.391. The first-order chi connectivity index (χ1) is 12.9. The van der Waals surface area contributed by atoms with Gasteiger partial charge in [-0.25, -0.2) is 0 Å². The van der Waals surface area contributed by atoms with Crippen molar-refractivity contribution < 1.29 is 14.1 Å². The van der Waals surface area contributed by atoms with Crippen LogP contribution in [0.5, 0.6) is 0 Å². The highest BCUT2D eigenvalue weighted by molar-refractivity contribution is 6.74. The van der Waals surface area contributed by atoms with Crippen LogP contribution in [-0.2, 0) is 4.53 Å². The Bertz CT molecular complexity index is 823. The van der Waals surface area contributed by atoms with Gasteiger partial charge in [0.25, 0.3) is 0 Å². The van der Waals surface area contributed by atoms with Gasteiger partial charge < -0.3 is 4.53 Å². The number of rotatable bonds is 7. The van der Waals surface area contributed by atoms with Crippen molar-refractivity contribution in [2.45, 2.75) is 58.8 Å². The molecule has 2 aromatic carbocycles. The molecule has 0 amide bonds. The van der Waals surface area contributed by atoms with E-state index in [1.165, 1.54) is 0 Å². The van der Waals surface area contributed by atoms with Gasteiger partial charge in [-0.2, -0.15) is 0 Å². The maximum atomic E-state index is 13.1. The lowest BCUT2D eigenvalue weighted by molar-refractivity contribution is 0.0912. The van der Waals surface area contributed by atoms with E-state index in [2.05, 4.69) is 33.9 Å². The molecule has 0 N–H and O–H groups in total. The summed E-state index contributed by atoms with van der Waals surface area (Å²) in [5, 5.41) is 1.72. The molecule has 0 fully saturated rings. The second kappa shape index (κ2) is 8.41. The number of carbonyl (C=O) groups excluding carboxylic acids is 2. The Labute approximate surface area is 169 Å². The van der Waals surface area contributed by atoms with Crippen LogP contribution in [0, 0.1) is 0 Å². The van der Waals surface area contributed by atoms with E-state index in [9.17, 15) is 9.59 Å². The van der Waals surface area contributed by atoms with E-state index < -0.39 is 14.4 Å². The smallest absolute Gasteiger partial charge is 0.228 e. The Morgan fingerprint density at radius 1 is 0.929 bits per heavy atom. The molecule has 1 unspecified atom stereocenters. The van der Waals surface area contributed by atoms with Gasteiger partial charge in [-0.1, -0.05) is 51.1 Å². The Kier molecular flexibility index (Phi) is 6.62. The SMILES string of the molecule is CC(=O)c1ccc(N(O[Si](C)(C)C(C)(C)C)C(C)C(=O)c2ccccc2)cc1. The van der Waals surface area contributed by atoms with Crippen LogP contribution in [0.25, 0.3) is 0 Å². The number of hydrogen-bond donors (Lipinski definition) is 0. The highest BCUT2D eigenvalue weighted by Gasteiger charge is 2.41. The molecule has 0 bridgehead atoms. The minimum atomic E-state index is -2.19. The quantitative estimate of drug-likeness (QED) is 0.331. The Morgan fingerprint density at radius 3 is 1.93 bits per heavy atom. The van der Waals surface area contributed by atoms with E-state index in [0.717, 1.165) is 5.69 Å². The predicted molar refractivity (Wildman–Crippen MR) is 117 cm³/mol. The summed E-state index contributed by atoms with van der Waals surface area (Å²) in [6.45, 7) is 14.2. The zero-order valence-corrected chi connectivity index (χ0v) is 18.9. The summed E-state index contributed by atoms with van der Waals surface area (Å²) in [6, 6.07) is 16.0. The van der Waals surface area contributed by atoms with Crippen molar-refractivity contribution in [1.82, 2.24) is 0 Å². The number of hydroxylamine groups is 1. The van der Waals surface area contributed by atoms with Gasteiger partial charge in [-0.15, -0.1) is 0 Å². The minimum Gasteiger partial charge on any atom is -0.319 e. The number of benzene rings is 2. The predicted octanol–water partition coefficient (Wildman–Crippen LogP) is 5.90. The molecule has 2 aromatic rings. The van der Waals surface area contributed by atoms with Crippen molar-refractivity contribution in [3.8, 4) is 0 Å². The maximum absolute atomic E-state index is 13.1. The molecule has 1 atom stereocenters. The molecule has 0 aliphatic rings. The zero-order valence-electron chi connectivity index (χ0n) is 17.9. The van der Waals surface area contributed by atoms with E-state index in [1.807, 2.05) is 49.4 Å². The highest BCUT2D eigenvalue weighted by atomic mass is 28.4. The van der Waals surface area contributed by atoms with Gasteiger partial charge in [0.15, 0.2) is 11.6 Å². The molecule has 2 rings (SSSR count). The summed E-state index contributed by atoms with van der Waals surface area (Å²) in [6.07, 6.45) is 0. The number of anilines is 1. The Hall–Kier alpha value is -2.24. The first-order valence-corrected chi connectivity index (χ1v) is 12.5. The molecule has 0 aromatic heterocycles. The zero-order chi connectivity index (χ0) is 21.1. The van der Waals surface area contributed by atoms with E-state index >= 15 is 0 Å². The molecule has 150 valence electrons. The highest BCUT2D eigenvalue weighted by Crippen LogP contribution is 2.38. The van der Waals surface area contributed by atoms with Crippen LogP contribution in [0.15, 0.2) is 54.6 Å². The minimum absolute atomic E-state index is 0.00467. The van der Waals surface area contributed by atoms with Gasteiger partial charge in [0.2, 0.25) is 8.32 Å². The lowest BCUT2D eigenvalue weighted by Gasteiger charge is -2.42. The van der Waals surface area contributed by atoms with E-state index in [-0.39, 0.29) is 16.6 Å². The monoisotopic (exact) mass is 397 g/mol. The van der Waals surface area contributed by atoms with Gasteiger partial charge in [0.05, 0.1) is 5.69 Å². The number of ketones is 2. The van der Waals surface area contributed by atoms with Crippen molar-refractivity contribution >= 4 is 25.6 Å². The number of Topliss-reactive ketones (excluding diaryl/α,β-unsaturated/α-hetero) is 2. The van der Waals surface area contributed by atoms with E-state index in [1.54, 1.807) is 24.1 Å². The molecule has 0 saturated carbocycles. The largest absolute Gasteiger partial charge is 0.319 e. The van der Waals surface area contributed by atoms with Crippen molar-refractivity contribution in [3.63, 3.8) is 0 Å². The molecule has 4 nitrogen and oxygen atoms in total. The third-order valence-corrected chi connectivity index (χ3v) is 9.72. The van der Waals surface area contributed by atoms with Crippen molar-refractivity contribution in [2.75, 3.05) is 5.06 Å². The first kappa shape index (κ1) is 22.1. The Balaban J connectivity index is 2.43. The van der Waals surface area contributed by atoms with E-state index in [0.29, 0.717) is 11.1 Å². The fourth-order valence-corrected chi connectivity index (χ4v) is 3.56. The molecule has 0 saturated heterocycles. The third kappa shape index (κ3) is 4.97. The summed E-state index contributed by atoms with van der Waals surface area (Å²) in [5.74, 6) is 0.00628. The average molecular weight is 398 g/mol. The average Bonchev–Trinajstić information content (AvgIpc) is 2.65. The van der Waals surface area contributed by atoms with Gasteiger partial charge >= 0.3 is 0 Å².